The quantitative estimate of drug-likeness (QED) is 0.459. The standard InChI is InChI=1S/C14H15ClN2OS/c1-18-8-5-9-19-13-10-12(15)16-14(17-13)11-6-3-2-4-7-11/h2-4,6-7,10H,5,8-9H2,1H3. The molecule has 0 fully saturated rings. The summed E-state index contributed by atoms with van der Waals surface area (Å²) in [6.07, 6.45) is 0.990. The summed E-state index contributed by atoms with van der Waals surface area (Å²) in [7, 11) is 1.71. The van der Waals surface area contributed by atoms with E-state index in [1.54, 1.807) is 24.9 Å². The first kappa shape index (κ1) is 14.3. The van der Waals surface area contributed by atoms with E-state index in [0.717, 1.165) is 29.4 Å². The predicted octanol–water partition coefficient (Wildman–Crippen LogP) is 3.93. The summed E-state index contributed by atoms with van der Waals surface area (Å²) in [6.45, 7) is 0.761. The Kier molecular flexibility index (Phi) is 5.63. The SMILES string of the molecule is COCCCSc1cc(Cl)nc(-c2ccccc2)n1. The molecule has 0 atom stereocenters. The molecule has 0 saturated carbocycles. The van der Waals surface area contributed by atoms with Gasteiger partial charge in [-0.3, -0.25) is 0 Å². The lowest BCUT2D eigenvalue weighted by Crippen LogP contribution is -1.94. The van der Waals surface area contributed by atoms with Crippen molar-refractivity contribution in [1.29, 1.82) is 0 Å². The smallest absolute Gasteiger partial charge is 0.162 e. The van der Waals surface area contributed by atoms with Crippen LogP contribution in [0, 0.1) is 0 Å². The van der Waals surface area contributed by atoms with Crippen molar-refractivity contribution in [3.8, 4) is 11.4 Å². The zero-order valence-electron chi connectivity index (χ0n) is 10.7. The number of hydrogen-bond donors (Lipinski definition) is 0. The molecule has 0 bridgehead atoms. The molecule has 0 radical (unpaired) electrons. The van der Waals surface area contributed by atoms with Crippen LogP contribution in [-0.2, 0) is 4.74 Å². The molecule has 0 unspecified atom stereocenters. The summed E-state index contributed by atoms with van der Waals surface area (Å²) in [6, 6.07) is 11.6. The van der Waals surface area contributed by atoms with Gasteiger partial charge in [0.05, 0.1) is 0 Å². The number of methoxy groups -OCH3 is 1. The van der Waals surface area contributed by atoms with Crippen molar-refractivity contribution in [2.75, 3.05) is 19.5 Å². The molecule has 2 aromatic rings. The number of hydrogen-bond acceptors (Lipinski definition) is 4. The maximum atomic E-state index is 6.05. The molecule has 0 saturated heterocycles. The Hall–Kier alpha value is -1.10. The average molecular weight is 295 g/mol. The molecule has 1 aromatic carbocycles. The van der Waals surface area contributed by atoms with E-state index in [1.165, 1.54) is 0 Å². The topological polar surface area (TPSA) is 35.0 Å². The second-order valence-electron chi connectivity index (χ2n) is 3.91. The lowest BCUT2D eigenvalue weighted by Gasteiger charge is -2.05. The van der Waals surface area contributed by atoms with Crippen molar-refractivity contribution in [2.24, 2.45) is 0 Å². The summed E-state index contributed by atoms with van der Waals surface area (Å²) >= 11 is 7.72. The Morgan fingerprint density at radius 2 is 2.00 bits per heavy atom. The van der Waals surface area contributed by atoms with Crippen molar-refractivity contribution >= 4 is 23.4 Å². The van der Waals surface area contributed by atoms with E-state index in [1.807, 2.05) is 30.3 Å². The molecular formula is C14H15ClN2OS. The van der Waals surface area contributed by atoms with E-state index in [4.69, 9.17) is 16.3 Å². The van der Waals surface area contributed by atoms with Gasteiger partial charge in [-0.05, 0) is 6.42 Å². The molecule has 3 nitrogen and oxygen atoms in total. The Morgan fingerprint density at radius 1 is 1.21 bits per heavy atom. The van der Waals surface area contributed by atoms with Crippen LogP contribution >= 0.6 is 23.4 Å². The molecule has 0 aliphatic rings. The van der Waals surface area contributed by atoms with Crippen LogP contribution in [0.5, 0.6) is 0 Å². The third kappa shape index (κ3) is 4.49. The molecule has 0 N–H and O–H groups in total. The van der Waals surface area contributed by atoms with Crippen molar-refractivity contribution in [2.45, 2.75) is 11.4 Å². The Bertz CT molecular complexity index is 522. The molecule has 0 aliphatic carbocycles. The van der Waals surface area contributed by atoms with Crippen LogP contribution in [0.25, 0.3) is 11.4 Å². The highest BCUT2D eigenvalue weighted by molar-refractivity contribution is 7.99. The third-order valence-electron chi connectivity index (χ3n) is 2.45. The highest BCUT2D eigenvalue weighted by atomic mass is 35.5. The second-order valence-corrected chi connectivity index (χ2v) is 5.42. The van der Waals surface area contributed by atoms with Crippen LogP contribution in [-0.4, -0.2) is 29.4 Å². The van der Waals surface area contributed by atoms with Gasteiger partial charge in [-0.25, -0.2) is 9.97 Å². The molecule has 0 spiro atoms. The number of nitrogens with zero attached hydrogens (tertiary/aromatic N) is 2. The summed E-state index contributed by atoms with van der Waals surface area (Å²) in [4.78, 5) is 8.79. The first-order chi connectivity index (χ1) is 9.29. The van der Waals surface area contributed by atoms with Gasteiger partial charge in [0.15, 0.2) is 5.82 Å². The molecule has 100 valence electrons. The summed E-state index contributed by atoms with van der Waals surface area (Å²) in [5.41, 5.74) is 0.976. The summed E-state index contributed by atoms with van der Waals surface area (Å²) in [5.74, 6) is 1.62. The van der Waals surface area contributed by atoms with Gasteiger partial charge in [-0.2, -0.15) is 0 Å². The van der Waals surface area contributed by atoms with Gasteiger partial charge in [0.1, 0.15) is 10.2 Å². The van der Waals surface area contributed by atoms with E-state index >= 15 is 0 Å². The van der Waals surface area contributed by atoms with Crippen LogP contribution in [0.4, 0.5) is 0 Å². The largest absolute Gasteiger partial charge is 0.385 e. The molecule has 19 heavy (non-hydrogen) atoms. The predicted molar refractivity (Wildman–Crippen MR) is 79.7 cm³/mol. The number of rotatable bonds is 6. The van der Waals surface area contributed by atoms with Gasteiger partial charge < -0.3 is 4.74 Å². The molecule has 0 amide bonds. The van der Waals surface area contributed by atoms with Gasteiger partial charge in [0, 0.05) is 31.1 Å². The maximum Gasteiger partial charge on any atom is 0.162 e. The van der Waals surface area contributed by atoms with E-state index in [0.29, 0.717) is 11.0 Å². The molecule has 5 heteroatoms. The van der Waals surface area contributed by atoms with Crippen molar-refractivity contribution in [3.05, 3.63) is 41.6 Å². The third-order valence-corrected chi connectivity index (χ3v) is 3.64. The fourth-order valence-corrected chi connectivity index (χ4v) is 2.63. The molecule has 1 aromatic heterocycles. The Labute approximate surface area is 122 Å². The van der Waals surface area contributed by atoms with Crippen LogP contribution in [0.2, 0.25) is 5.15 Å². The zero-order chi connectivity index (χ0) is 13.5. The van der Waals surface area contributed by atoms with Crippen molar-refractivity contribution < 1.29 is 4.74 Å². The molecule has 2 rings (SSSR count). The lowest BCUT2D eigenvalue weighted by molar-refractivity contribution is 0.200. The van der Waals surface area contributed by atoms with Gasteiger partial charge in [0.2, 0.25) is 0 Å². The first-order valence-corrected chi connectivity index (χ1v) is 7.37. The lowest BCUT2D eigenvalue weighted by atomic mass is 10.2. The van der Waals surface area contributed by atoms with E-state index in [9.17, 15) is 0 Å². The highest BCUT2D eigenvalue weighted by Crippen LogP contribution is 2.23. The van der Waals surface area contributed by atoms with Crippen LogP contribution < -0.4 is 0 Å². The molecule has 0 aliphatic heterocycles. The van der Waals surface area contributed by atoms with Gasteiger partial charge in [0.25, 0.3) is 0 Å². The zero-order valence-corrected chi connectivity index (χ0v) is 12.2. The van der Waals surface area contributed by atoms with Crippen LogP contribution in [0.1, 0.15) is 6.42 Å². The second kappa shape index (κ2) is 7.48. The minimum absolute atomic E-state index is 0.475. The van der Waals surface area contributed by atoms with Crippen molar-refractivity contribution in [3.63, 3.8) is 0 Å². The first-order valence-electron chi connectivity index (χ1n) is 6.01. The number of aromatic nitrogens is 2. The summed E-state index contributed by atoms with van der Waals surface area (Å²) < 4.78 is 5.02. The van der Waals surface area contributed by atoms with Gasteiger partial charge >= 0.3 is 0 Å². The van der Waals surface area contributed by atoms with Crippen molar-refractivity contribution in [1.82, 2.24) is 9.97 Å². The Morgan fingerprint density at radius 3 is 2.74 bits per heavy atom. The minimum atomic E-state index is 0.475. The van der Waals surface area contributed by atoms with E-state index < -0.39 is 0 Å². The molecular weight excluding hydrogens is 280 g/mol. The van der Waals surface area contributed by atoms with Crippen LogP contribution in [0.15, 0.2) is 41.4 Å². The Balaban J connectivity index is 2.11. The number of ether oxygens (including phenoxy) is 1. The number of halogens is 1. The fraction of sp³-hybridized carbons (Fsp3) is 0.286. The van der Waals surface area contributed by atoms with E-state index in [2.05, 4.69) is 9.97 Å². The normalized spacial score (nSPS) is 10.6. The number of benzene rings is 1. The highest BCUT2D eigenvalue weighted by Gasteiger charge is 2.06. The van der Waals surface area contributed by atoms with Gasteiger partial charge in [-0.15, -0.1) is 11.8 Å². The number of thioether (sulfide) groups is 1. The van der Waals surface area contributed by atoms with Crippen LogP contribution in [0.3, 0.4) is 0 Å². The van der Waals surface area contributed by atoms with E-state index in [-0.39, 0.29) is 0 Å². The monoisotopic (exact) mass is 294 g/mol. The molecule has 1 heterocycles. The maximum absolute atomic E-state index is 6.05. The summed E-state index contributed by atoms with van der Waals surface area (Å²) in [5, 5.41) is 1.37. The van der Waals surface area contributed by atoms with Gasteiger partial charge in [-0.1, -0.05) is 41.9 Å². The average Bonchev–Trinajstić information content (AvgIpc) is 2.44. The fourth-order valence-electron chi connectivity index (χ4n) is 1.57. The minimum Gasteiger partial charge on any atom is -0.385 e.